The number of fused-ring (bicyclic) bond motifs is 4. The van der Waals surface area contributed by atoms with Crippen LogP contribution in [0.1, 0.15) is 5.56 Å². The molecule has 1 saturated heterocycles. The predicted octanol–water partition coefficient (Wildman–Crippen LogP) is 3.01. The fraction of sp³-hybridized carbons (Fsp3) is 0.185. The number of hydrogen-bond donors (Lipinski definition) is 2. The Balaban J connectivity index is 1.19. The van der Waals surface area contributed by atoms with Crippen molar-refractivity contribution >= 4 is 51.5 Å². The monoisotopic (exact) mass is 505 g/mol. The normalized spacial score (nSPS) is 15.0. The SMILES string of the molecule is C(=N\Nc1nc(Nc2ccc3ccc4ccoc4c3c2)nc(N2CCOCC2)n1)/c1ccc2c(c1)=NCN=2. The van der Waals surface area contributed by atoms with Crippen LogP contribution in [0.2, 0.25) is 0 Å². The summed E-state index contributed by atoms with van der Waals surface area (Å²) in [6, 6.07) is 18.0. The zero-order valence-corrected chi connectivity index (χ0v) is 20.3. The highest BCUT2D eigenvalue weighted by Gasteiger charge is 2.17. The van der Waals surface area contributed by atoms with Gasteiger partial charge in [-0.1, -0.05) is 24.3 Å². The molecule has 0 unspecified atom stereocenters. The van der Waals surface area contributed by atoms with Crippen LogP contribution in [0.4, 0.5) is 23.5 Å². The van der Waals surface area contributed by atoms with Crippen LogP contribution in [-0.4, -0.2) is 54.1 Å². The molecule has 11 heteroatoms. The highest BCUT2D eigenvalue weighted by molar-refractivity contribution is 6.05. The topological polar surface area (TPSA) is 125 Å². The number of rotatable bonds is 6. The van der Waals surface area contributed by atoms with Gasteiger partial charge in [-0.05, 0) is 41.3 Å². The van der Waals surface area contributed by atoms with E-state index in [9.17, 15) is 0 Å². The minimum atomic E-state index is 0.329. The lowest BCUT2D eigenvalue weighted by Crippen LogP contribution is -2.37. The zero-order valence-electron chi connectivity index (χ0n) is 20.3. The summed E-state index contributed by atoms with van der Waals surface area (Å²) < 4.78 is 11.2. The van der Waals surface area contributed by atoms with Crippen LogP contribution >= 0.6 is 0 Å². The van der Waals surface area contributed by atoms with Crippen molar-refractivity contribution in [3.8, 4) is 0 Å². The van der Waals surface area contributed by atoms with E-state index < -0.39 is 0 Å². The maximum absolute atomic E-state index is 5.73. The molecule has 2 N–H and O–H groups in total. The van der Waals surface area contributed by atoms with Crippen molar-refractivity contribution in [3.63, 3.8) is 0 Å². The summed E-state index contributed by atoms with van der Waals surface area (Å²) in [6.07, 6.45) is 3.41. The van der Waals surface area contributed by atoms with E-state index in [1.807, 2.05) is 42.5 Å². The van der Waals surface area contributed by atoms with Crippen LogP contribution < -0.4 is 26.4 Å². The first kappa shape index (κ1) is 22.3. The molecule has 4 heterocycles. The Morgan fingerprint density at radius 1 is 0.842 bits per heavy atom. The van der Waals surface area contributed by atoms with E-state index in [1.54, 1.807) is 12.5 Å². The number of hydrazone groups is 1. The Bertz CT molecular complexity index is 1810. The van der Waals surface area contributed by atoms with Crippen LogP contribution in [0, 0.1) is 0 Å². The van der Waals surface area contributed by atoms with E-state index in [2.05, 4.69) is 57.8 Å². The first-order valence-corrected chi connectivity index (χ1v) is 12.3. The molecule has 1 fully saturated rings. The van der Waals surface area contributed by atoms with Gasteiger partial charge in [0, 0.05) is 29.5 Å². The van der Waals surface area contributed by atoms with Crippen molar-refractivity contribution in [2.45, 2.75) is 0 Å². The molecule has 5 aromatic rings. The van der Waals surface area contributed by atoms with Crippen LogP contribution in [0.3, 0.4) is 0 Å². The van der Waals surface area contributed by atoms with Crippen molar-refractivity contribution in [2.75, 3.05) is 48.6 Å². The standard InChI is InChI=1S/C27H23N9O2/c1-6-22-23(29-16-28-22)13-17(1)15-30-35-26-32-25(33-27(34-26)36-8-11-37-12-9-36)31-20-5-4-18-2-3-19-7-10-38-24(19)21(18)14-20/h1-7,10,13-15H,8-9,11-12,16H2,(H2,31,32,33,34,35)/b30-15+. The molecule has 2 aliphatic rings. The van der Waals surface area contributed by atoms with E-state index in [0.717, 1.165) is 43.7 Å². The summed E-state index contributed by atoms with van der Waals surface area (Å²) in [5.74, 6) is 1.29. The number of hydrogen-bond acceptors (Lipinski definition) is 11. The molecule has 2 aromatic heterocycles. The minimum absolute atomic E-state index is 0.329. The predicted molar refractivity (Wildman–Crippen MR) is 145 cm³/mol. The molecule has 3 aromatic carbocycles. The number of anilines is 4. The Kier molecular flexibility index (Phi) is 5.59. The van der Waals surface area contributed by atoms with Crippen molar-refractivity contribution in [1.82, 2.24) is 15.0 Å². The van der Waals surface area contributed by atoms with Gasteiger partial charge in [0.1, 0.15) is 12.3 Å². The van der Waals surface area contributed by atoms with Gasteiger partial charge in [-0.2, -0.15) is 20.1 Å². The summed E-state index contributed by atoms with van der Waals surface area (Å²) in [5.41, 5.74) is 5.54. The highest BCUT2D eigenvalue weighted by Crippen LogP contribution is 2.29. The summed E-state index contributed by atoms with van der Waals surface area (Å²) in [4.78, 5) is 24.6. The molecule has 0 aliphatic carbocycles. The first-order valence-electron chi connectivity index (χ1n) is 12.3. The molecule has 0 spiro atoms. The summed E-state index contributed by atoms with van der Waals surface area (Å²) in [6.45, 7) is 3.11. The van der Waals surface area contributed by atoms with Crippen LogP contribution in [-0.2, 0) is 4.74 Å². The second-order valence-electron chi connectivity index (χ2n) is 8.92. The quantitative estimate of drug-likeness (QED) is 0.267. The maximum Gasteiger partial charge on any atom is 0.250 e. The molecule has 0 radical (unpaired) electrons. The molecular formula is C27H23N9O2. The smallest absolute Gasteiger partial charge is 0.250 e. The Morgan fingerprint density at radius 2 is 1.68 bits per heavy atom. The third kappa shape index (κ3) is 4.39. The fourth-order valence-corrected chi connectivity index (χ4v) is 4.56. The second kappa shape index (κ2) is 9.52. The number of nitrogens with zero attached hydrogens (tertiary/aromatic N) is 7. The molecule has 0 saturated carbocycles. The van der Waals surface area contributed by atoms with Crippen molar-refractivity contribution in [3.05, 3.63) is 77.1 Å². The molecule has 2 aliphatic heterocycles. The molecule has 7 rings (SSSR count). The lowest BCUT2D eigenvalue weighted by Gasteiger charge is -2.27. The largest absolute Gasteiger partial charge is 0.464 e. The molecule has 0 amide bonds. The van der Waals surface area contributed by atoms with E-state index in [4.69, 9.17) is 9.15 Å². The van der Waals surface area contributed by atoms with Gasteiger partial charge in [-0.25, -0.2) is 5.43 Å². The average Bonchev–Trinajstić information content (AvgIpc) is 3.63. The molecular weight excluding hydrogens is 482 g/mol. The maximum atomic E-state index is 5.73. The molecule has 38 heavy (non-hydrogen) atoms. The molecule has 188 valence electrons. The molecule has 0 bridgehead atoms. The number of ether oxygens (including phenoxy) is 1. The van der Waals surface area contributed by atoms with E-state index in [1.165, 1.54) is 0 Å². The zero-order chi connectivity index (χ0) is 25.3. The number of aromatic nitrogens is 3. The van der Waals surface area contributed by atoms with Crippen molar-refractivity contribution in [1.29, 1.82) is 0 Å². The fourth-order valence-electron chi connectivity index (χ4n) is 4.56. The van der Waals surface area contributed by atoms with Gasteiger partial charge in [0.05, 0.1) is 36.4 Å². The van der Waals surface area contributed by atoms with Gasteiger partial charge < -0.3 is 19.4 Å². The van der Waals surface area contributed by atoms with Gasteiger partial charge in [-0.15, -0.1) is 0 Å². The molecule has 11 nitrogen and oxygen atoms in total. The van der Waals surface area contributed by atoms with Gasteiger partial charge >= 0.3 is 0 Å². The molecule has 0 atom stereocenters. The lowest BCUT2D eigenvalue weighted by molar-refractivity contribution is 0.122. The summed E-state index contributed by atoms with van der Waals surface area (Å²) in [5, 5.41) is 12.6. The summed E-state index contributed by atoms with van der Waals surface area (Å²) in [7, 11) is 0. The van der Waals surface area contributed by atoms with Crippen LogP contribution in [0.25, 0.3) is 21.7 Å². The average molecular weight is 506 g/mol. The van der Waals surface area contributed by atoms with Gasteiger partial charge in [0.2, 0.25) is 17.8 Å². The highest BCUT2D eigenvalue weighted by atomic mass is 16.5. The van der Waals surface area contributed by atoms with E-state index in [-0.39, 0.29) is 0 Å². The number of morpholine rings is 1. The van der Waals surface area contributed by atoms with Crippen LogP contribution in [0.5, 0.6) is 0 Å². The third-order valence-electron chi connectivity index (χ3n) is 6.47. The number of nitrogens with one attached hydrogen (secondary N) is 2. The van der Waals surface area contributed by atoms with Crippen LogP contribution in [0.15, 0.2) is 80.4 Å². The van der Waals surface area contributed by atoms with Gasteiger partial charge in [0.25, 0.3) is 0 Å². The third-order valence-corrected chi connectivity index (χ3v) is 6.47. The number of benzene rings is 3. The van der Waals surface area contributed by atoms with Gasteiger partial charge in [0.15, 0.2) is 0 Å². The van der Waals surface area contributed by atoms with Gasteiger partial charge in [-0.3, -0.25) is 9.98 Å². The second-order valence-corrected chi connectivity index (χ2v) is 8.92. The number of furan rings is 1. The first-order chi connectivity index (χ1) is 18.8. The van der Waals surface area contributed by atoms with Crippen molar-refractivity contribution < 1.29 is 9.15 Å². The Labute approximate surface area is 216 Å². The summed E-state index contributed by atoms with van der Waals surface area (Å²) >= 11 is 0. The Hall–Kier alpha value is -4.90. The minimum Gasteiger partial charge on any atom is -0.464 e. The van der Waals surface area contributed by atoms with E-state index >= 15 is 0 Å². The Morgan fingerprint density at radius 3 is 2.63 bits per heavy atom. The lowest BCUT2D eigenvalue weighted by atomic mass is 10.1. The van der Waals surface area contributed by atoms with Crippen molar-refractivity contribution in [2.24, 2.45) is 15.1 Å². The van der Waals surface area contributed by atoms with E-state index in [0.29, 0.717) is 50.8 Å².